The van der Waals surface area contributed by atoms with Crippen molar-refractivity contribution in [2.24, 2.45) is 0 Å². The van der Waals surface area contributed by atoms with Gasteiger partial charge >= 0.3 is 0 Å². The molecule has 2 aromatic rings. The molecule has 0 amide bonds. The van der Waals surface area contributed by atoms with E-state index in [-0.39, 0.29) is 0 Å². The number of hydrogen-bond acceptors (Lipinski definition) is 3. The minimum Gasteiger partial charge on any atom is -0.367 e. The predicted octanol–water partition coefficient (Wildman–Crippen LogP) is 3.57. The van der Waals surface area contributed by atoms with Gasteiger partial charge in [-0.2, -0.15) is 0 Å². The maximum Gasteiger partial charge on any atom is 0.134 e. The molecule has 0 aliphatic heterocycles. The number of anilines is 1. The Hall–Kier alpha value is -1.64. The summed E-state index contributed by atoms with van der Waals surface area (Å²) < 4.78 is 0. The molecule has 90 valence electrons. The summed E-state index contributed by atoms with van der Waals surface area (Å²) in [5.41, 5.74) is 1.11. The maximum atomic E-state index is 4.70. The van der Waals surface area contributed by atoms with Crippen LogP contribution in [-0.2, 0) is 0 Å². The second-order valence-electron chi connectivity index (χ2n) is 4.95. The zero-order chi connectivity index (χ0) is 12.4. The minimum absolute atomic E-state index is 0.376. The highest BCUT2D eigenvalue weighted by Crippen LogP contribution is 2.25. The Labute approximate surface area is 102 Å². The summed E-state index contributed by atoms with van der Waals surface area (Å²) in [7, 11) is 0. The van der Waals surface area contributed by atoms with Crippen molar-refractivity contribution in [1.82, 2.24) is 9.97 Å². The molecule has 0 atom stereocenters. The summed E-state index contributed by atoms with van der Waals surface area (Å²) in [5, 5.41) is 5.69. The molecule has 2 heterocycles. The topological polar surface area (TPSA) is 37.8 Å². The number of nitrogens with zero attached hydrogens (tertiary/aromatic N) is 2. The Morgan fingerprint density at radius 1 is 1.18 bits per heavy atom. The van der Waals surface area contributed by atoms with E-state index in [9.17, 15) is 0 Å². The monoisotopic (exact) mass is 229 g/mol. The van der Waals surface area contributed by atoms with Crippen molar-refractivity contribution in [3.8, 4) is 0 Å². The molecular formula is C14H19N3. The van der Waals surface area contributed by atoms with Crippen LogP contribution in [0.15, 0.2) is 24.5 Å². The Kier molecular flexibility index (Phi) is 3.27. The van der Waals surface area contributed by atoms with Gasteiger partial charge in [-0.25, -0.2) is 4.98 Å². The van der Waals surface area contributed by atoms with E-state index in [2.05, 4.69) is 44.1 Å². The lowest BCUT2D eigenvalue weighted by Gasteiger charge is -2.14. The lowest BCUT2D eigenvalue weighted by molar-refractivity contribution is 0.818. The van der Waals surface area contributed by atoms with Crippen LogP contribution in [0.5, 0.6) is 0 Å². The smallest absolute Gasteiger partial charge is 0.134 e. The summed E-state index contributed by atoms with van der Waals surface area (Å²) in [6, 6.07) is 4.51. The summed E-state index contributed by atoms with van der Waals surface area (Å²) in [5.74, 6) is 1.39. The largest absolute Gasteiger partial charge is 0.367 e. The number of rotatable bonds is 3. The van der Waals surface area contributed by atoms with Crippen molar-refractivity contribution in [2.45, 2.75) is 39.7 Å². The van der Waals surface area contributed by atoms with Crippen molar-refractivity contribution < 1.29 is 0 Å². The number of nitrogens with one attached hydrogen (secondary N) is 1. The van der Waals surface area contributed by atoms with Crippen molar-refractivity contribution in [3.63, 3.8) is 0 Å². The third-order valence-corrected chi connectivity index (χ3v) is 2.67. The van der Waals surface area contributed by atoms with E-state index >= 15 is 0 Å². The van der Waals surface area contributed by atoms with E-state index in [4.69, 9.17) is 4.98 Å². The molecule has 0 bridgehead atoms. The molecule has 3 nitrogen and oxygen atoms in total. The number of aromatic nitrogens is 2. The van der Waals surface area contributed by atoms with E-state index in [1.165, 1.54) is 0 Å². The first-order chi connectivity index (χ1) is 8.08. The molecule has 0 aliphatic carbocycles. The second-order valence-corrected chi connectivity index (χ2v) is 4.95. The molecule has 0 saturated carbocycles. The predicted molar refractivity (Wildman–Crippen MR) is 72.4 cm³/mol. The molecule has 17 heavy (non-hydrogen) atoms. The molecule has 0 aromatic carbocycles. The van der Waals surface area contributed by atoms with Gasteiger partial charge in [0.25, 0.3) is 0 Å². The summed E-state index contributed by atoms with van der Waals surface area (Å²) in [6.07, 6.45) is 3.71. The first kappa shape index (κ1) is 11.8. The van der Waals surface area contributed by atoms with Crippen LogP contribution >= 0.6 is 0 Å². The maximum absolute atomic E-state index is 4.70. The Morgan fingerprint density at radius 2 is 1.94 bits per heavy atom. The van der Waals surface area contributed by atoms with Gasteiger partial charge in [-0.1, -0.05) is 13.8 Å². The van der Waals surface area contributed by atoms with E-state index in [1.54, 1.807) is 0 Å². The summed E-state index contributed by atoms with van der Waals surface area (Å²) >= 11 is 0. The average molecular weight is 229 g/mol. The highest BCUT2D eigenvalue weighted by Gasteiger charge is 2.09. The second kappa shape index (κ2) is 4.70. The molecule has 0 aliphatic rings. The van der Waals surface area contributed by atoms with Crippen molar-refractivity contribution in [1.29, 1.82) is 0 Å². The minimum atomic E-state index is 0.376. The molecule has 3 heteroatoms. The molecular weight excluding hydrogens is 210 g/mol. The van der Waals surface area contributed by atoms with E-state index in [1.807, 2.05) is 18.5 Å². The first-order valence-electron chi connectivity index (χ1n) is 6.09. The molecule has 0 saturated heterocycles. The van der Waals surface area contributed by atoms with Crippen LogP contribution < -0.4 is 5.32 Å². The molecule has 0 spiro atoms. The van der Waals surface area contributed by atoms with Crippen LogP contribution in [0.3, 0.4) is 0 Å². The van der Waals surface area contributed by atoms with Crippen LogP contribution in [0, 0.1) is 0 Å². The zero-order valence-electron chi connectivity index (χ0n) is 10.9. The summed E-state index contributed by atoms with van der Waals surface area (Å²) in [4.78, 5) is 8.88. The fourth-order valence-corrected chi connectivity index (χ4v) is 1.80. The van der Waals surface area contributed by atoms with Gasteiger partial charge in [-0.15, -0.1) is 0 Å². The molecule has 1 N–H and O–H groups in total. The standard InChI is InChI=1S/C14H19N3/c1-9(2)13-7-11-8-15-6-5-12(11)14(17-13)16-10(3)4/h5-10H,1-4H3,(H,16,17). The van der Waals surface area contributed by atoms with Gasteiger partial charge in [-0.05, 0) is 31.9 Å². The zero-order valence-corrected chi connectivity index (χ0v) is 10.9. The molecule has 2 aromatic heterocycles. The fourth-order valence-electron chi connectivity index (χ4n) is 1.80. The normalized spacial score (nSPS) is 11.4. The lowest BCUT2D eigenvalue weighted by atomic mass is 10.1. The van der Waals surface area contributed by atoms with Crippen LogP contribution in [0.2, 0.25) is 0 Å². The number of fused-ring (bicyclic) bond motifs is 1. The van der Waals surface area contributed by atoms with E-state index in [0.717, 1.165) is 22.3 Å². The van der Waals surface area contributed by atoms with Gasteiger partial charge in [-0.3, -0.25) is 4.98 Å². The van der Waals surface area contributed by atoms with Crippen molar-refractivity contribution in [2.75, 3.05) is 5.32 Å². The SMILES string of the molecule is CC(C)Nc1nc(C(C)C)cc2cnccc12. The third-order valence-electron chi connectivity index (χ3n) is 2.67. The Morgan fingerprint density at radius 3 is 2.59 bits per heavy atom. The number of pyridine rings is 2. The van der Waals surface area contributed by atoms with Gasteiger partial charge in [0.15, 0.2) is 0 Å². The summed E-state index contributed by atoms with van der Waals surface area (Å²) in [6.45, 7) is 8.56. The average Bonchev–Trinajstić information content (AvgIpc) is 2.28. The third kappa shape index (κ3) is 2.54. The van der Waals surface area contributed by atoms with E-state index < -0.39 is 0 Å². The number of hydrogen-bond donors (Lipinski definition) is 1. The molecule has 0 fully saturated rings. The highest BCUT2D eigenvalue weighted by molar-refractivity contribution is 5.91. The fraction of sp³-hybridized carbons (Fsp3) is 0.429. The van der Waals surface area contributed by atoms with Gasteiger partial charge in [0.05, 0.1) is 0 Å². The van der Waals surface area contributed by atoms with Crippen molar-refractivity contribution in [3.05, 3.63) is 30.2 Å². The van der Waals surface area contributed by atoms with Gasteiger partial charge in [0, 0.05) is 34.9 Å². The lowest BCUT2D eigenvalue weighted by Crippen LogP contribution is -2.12. The molecule has 0 radical (unpaired) electrons. The molecule has 0 unspecified atom stereocenters. The van der Waals surface area contributed by atoms with Gasteiger partial charge < -0.3 is 5.32 Å². The van der Waals surface area contributed by atoms with Crippen molar-refractivity contribution >= 4 is 16.6 Å². The molecule has 2 rings (SSSR count). The van der Waals surface area contributed by atoms with Gasteiger partial charge in [0.2, 0.25) is 0 Å². The first-order valence-corrected chi connectivity index (χ1v) is 6.09. The quantitative estimate of drug-likeness (QED) is 0.874. The Bertz CT molecular complexity index is 518. The van der Waals surface area contributed by atoms with Gasteiger partial charge in [0.1, 0.15) is 5.82 Å². The van der Waals surface area contributed by atoms with Crippen LogP contribution in [0.1, 0.15) is 39.3 Å². The Balaban J connectivity index is 2.60. The van der Waals surface area contributed by atoms with Crippen LogP contribution in [-0.4, -0.2) is 16.0 Å². The van der Waals surface area contributed by atoms with Crippen LogP contribution in [0.4, 0.5) is 5.82 Å². The highest BCUT2D eigenvalue weighted by atomic mass is 15.0. The van der Waals surface area contributed by atoms with E-state index in [0.29, 0.717) is 12.0 Å². The van der Waals surface area contributed by atoms with Crippen LogP contribution in [0.25, 0.3) is 10.8 Å².